The van der Waals surface area contributed by atoms with Crippen LogP contribution in [-0.4, -0.2) is 29.2 Å². The fourth-order valence-corrected chi connectivity index (χ4v) is 5.94. The van der Waals surface area contributed by atoms with Gasteiger partial charge in [-0.3, -0.25) is 4.79 Å². The Bertz CT molecular complexity index is 1360. The van der Waals surface area contributed by atoms with Crippen molar-refractivity contribution in [3.8, 4) is 0 Å². The highest BCUT2D eigenvalue weighted by Crippen LogP contribution is 2.26. The van der Waals surface area contributed by atoms with Crippen LogP contribution in [-0.2, 0) is 23.0 Å². The van der Waals surface area contributed by atoms with Gasteiger partial charge in [0.15, 0.2) is 0 Å². The molecular formula is C23H23N3O3S2. The van der Waals surface area contributed by atoms with Gasteiger partial charge in [-0.2, -0.15) is 4.31 Å². The van der Waals surface area contributed by atoms with Gasteiger partial charge in [0, 0.05) is 11.4 Å². The van der Waals surface area contributed by atoms with E-state index in [4.69, 9.17) is 0 Å². The van der Waals surface area contributed by atoms with Crippen molar-refractivity contribution in [2.24, 2.45) is 0 Å². The molecule has 4 aromatic rings. The number of aryl methyl sites for hydroxylation is 2. The maximum Gasteiger partial charge on any atom is 0.259 e. The number of aromatic nitrogens is 2. The highest BCUT2D eigenvalue weighted by atomic mass is 32.2. The minimum atomic E-state index is -3.76. The van der Waals surface area contributed by atoms with Crippen molar-refractivity contribution < 1.29 is 8.42 Å². The van der Waals surface area contributed by atoms with Gasteiger partial charge in [0.25, 0.3) is 5.56 Å². The van der Waals surface area contributed by atoms with Crippen LogP contribution in [0.25, 0.3) is 10.2 Å². The molecule has 0 saturated carbocycles. The van der Waals surface area contributed by atoms with Crippen LogP contribution in [0.5, 0.6) is 0 Å². The number of aromatic amines is 1. The van der Waals surface area contributed by atoms with Crippen molar-refractivity contribution >= 4 is 31.6 Å². The number of nitrogens with one attached hydrogen (secondary N) is 1. The number of benzene rings is 2. The molecule has 0 aliphatic carbocycles. The van der Waals surface area contributed by atoms with Crippen molar-refractivity contribution in [2.75, 3.05) is 6.54 Å². The van der Waals surface area contributed by atoms with Gasteiger partial charge in [-0.25, -0.2) is 13.4 Å². The second kappa shape index (κ2) is 8.74. The molecule has 1 N–H and O–H groups in total. The van der Waals surface area contributed by atoms with Crippen molar-refractivity contribution in [1.82, 2.24) is 14.3 Å². The molecule has 2 aromatic heterocycles. The van der Waals surface area contributed by atoms with E-state index in [-0.39, 0.29) is 23.5 Å². The van der Waals surface area contributed by atoms with Crippen molar-refractivity contribution in [2.45, 2.75) is 31.7 Å². The zero-order chi connectivity index (χ0) is 22.0. The Morgan fingerprint density at radius 1 is 1.00 bits per heavy atom. The van der Waals surface area contributed by atoms with E-state index in [9.17, 15) is 13.2 Å². The molecule has 0 unspecified atom stereocenters. The van der Waals surface area contributed by atoms with Crippen molar-refractivity contribution in [3.05, 3.63) is 92.8 Å². The van der Waals surface area contributed by atoms with E-state index in [1.165, 1.54) is 15.6 Å². The van der Waals surface area contributed by atoms with Gasteiger partial charge in [-0.15, -0.1) is 11.3 Å². The summed E-state index contributed by atoms with van der Waals surface area (Å²) >= 11 is 1.45. The van der Waals surface area contributed by atoms with Crippen LogP contribution in [0.3, 0.4) is 0 Å². The molecular weight excluding hydrogens is 430 g/mol. The Kier molecular flexibility index (Phi) is 6.04. The quantitative estimate of drug-likeness (QED) is 0.458. The SMILES string of the molecule is Cc1sc2nc(CN(CCc3ccccc3)S(=O)(=O)c3ccccc3)[nH]c(=O)c2c1C. The highest BCUT2D eigenvalue weighted by molar-refractivity contribution is 7.89. The Morgan fingerprint density at radius 3 is 2.32 bits per heavy atom. The third-order valence-corrected chi connectivity index (χ3v) is 8.25. The molecule has 4 rings (SSSR count). The number of sulfonamides is 1. The van der Waals surface area contributed by atoms with Crippen LogP contribution >= 0.6 is 11.3 Å². The van der Waals surface area contributed by atoms with Gasteiger partial charge in [-0.1, -0.05) is 48.5 Å². The third-order valence-electron chi connectivity index (χ3n) is 5.29. The van der Waals surface area contributed by atoms with E-state index < -0.39 is 10.0 Å². The van der Waals surface area contributed by atoms with Gasteiger partial charge in [-0.05, 0) is 43.5 Å². The summed E-state index contributed by atoms with van der Waals surface area (Å²) < 4.78 is 28.1. The number of thiophene rings is 1. The molecule has 0 aliphatic rings. The predicted octanol–water partition coefficient (Wildman–Crippen LogP) is 4.04. The molecule has 0 saturated heterocycles. The Hall–Kier alpha value is -2.81. The molecule has 6 nitrogen and oxygen atoms in total. The topological polar surface area (TPSA) is 83.1 Å². The molecule has 8 heteroatoms. The number of H-pyrrole nitrogens is 1. The van der Waals surface area contributed by atoms with Crippen LogP contribution in [0.15, 0.2) is 70.4 Å². The van der Waals surface area contributed by atoms with Crippen LogP contribution in [0.4, 0.5) is 0 Å². The number of nitrogens with zero attached hydrogens (tertiary/aromatic N) is 2. The predicted molar refractivity (Wildman–Crippen MR) is 124 cm³/mol. The summed E-state index contributed by atoms with van der Waals surface area (Å²) in [5.41, 5.74) is 1.72. The summed E-state index contributed by atoms with van der Waals surface area (Å²) in [6.07, 6.45) is 0.552. The van der Waals surface area contributed by atoms with Crippen LogP contribution < -0.4 is 5.56 Å². The van der Waals surface area contributed by atoms with Gasteiger partial charge < -0.3 is 4.98 Å². The lowest BCUT2D eigenvalue weighted by atomic mass is 10.1. The molecule has 0 amide bonds. The van der Waals surface area contributed by atoms with E-state index in [0.717, 1.165) is 16.0 Å². The molecule has 0 bridgehead atoms. The monoisotopic (exact) mass is 453 g/mol. The molecule has 2 aromatic carbocycles. The Morgan fingerprint density at radius 2 is 1.65 bits per heavy atom. The molecule has 0 aliphatic heterocycles. The first kappa shape index (κ1) is 21.4. The Balaban J connectivity index is 1.70. The molecule has 0 spiro atoms. The number of hydrogen-bond donors (Lipinski definition) is 1. The van der Waals surface area contributed by atoms with Gasteiger partial charge in [0.2, 0.25) is 10.0 Å². The second-order valence-electron chi connectivity index (χ2n) is 7.36. The first-order chi connectivity index (χ1) is 14.9. The molecule has 160 valence electrons. The lowest BCUT2D eigenvalue weighted by Gasteiger charge is -2.22. The maximum atomic E-state index is 13.4. The summed E-state index contributed by atoms with van der Waals surface area (Å²) in [6.45, 7) is 4.11. The van der Waals surface area contributed by atoms with Crippen molar-refractivity contribution in [1.29, 1.82) is 0 Å². The minimum Gasteiger partial charge on any atom is -0.309 e. The second-order valence-corrected chi connectivity index (χ2v) is 10.5. The fourth-order valence-electron chi connectivity index (χ4n) is 3.47. The normalized spacial score (nSPS) is 12.0. The Labute approximate surface area is 185 Å². The van der Waals surface area contributed by atoms with E-state index >= 15 is 0 Å². The zero-order valence-corrected chi connectivity index (χ0v) is 19.0. The molecule has 0 fully saturated rings. The van der Waals surface area contributed by atoms with E-state index in [0.29, 0.717) is 22.5 Å². The average Bonchev–Trinajstić information content (AvgIpc) is 3.06. The number of fused-ring (bicyclic) bond motifs is 1. The summed E-state index contributed by atoms with van der Waals surface area (Å²) in [6, 6.07) is 18.1. The first-order valence-corrected chi connectivity index (χ1v) is 12.2. The summed E-state index contributed by atoms with van der Waals surface area (Å²) in [4.78, 5) is 21.9. The number of hydrogen-bond acceptors (Lipinski definition) is 5. The van der Waals surface area contributed by atoms with Crippen LogP contribution in [0.1, 0.15) is 21.8 Å². The fraction of sp³-hybridized carbons (Fsp3) is 0.217. The number of rotatable bonds is 7. The van der Waals surface area contributed by atoms with E-state index in [1.807, 2.05) is 44.2 Å². The van der Waals surface area contributed by atoms with Crippen molar-refractivity contribution in [3.63, 3.8) is 0 Å². The largest absolute Gasteiger partial charge is 0.309 e. The zero-order valence-electron chi connectivity index (χ0n) is 17.3. The van der Waals surface area contributed by atoms with Gasteiger partial charge in [0.1, 0.15) is 10.7 Å². The van der Waals surface area contributed by atoms with Gasteiger partial charge in [0.05, 0.1) is 16.8 Å². The summed E-state index contributed by atoms with van der Waals surface area (Å²) in [5.74, 6) is 0.339. The molecule has 0 radical (unpaired) electrons. The highest BCUT2D eigenvalue weighted by Gasteiger charge is 2.25. The summed E-state index contributed by atoms with van der Waals surface area (Å²) in [5, 5.41) is 0.577. The average molecular weight is 454 g/mol. The lowest BCUT2D eigenvalue weighted by Crippen LogP contribution is -2.34. The third kappa shape index (κ3) is 4.46. The van der Waals surface area contributed by atoms with Crippen LogP contribution in [0.2, 0.25) is 0 Å². The smallest absolute Gasteiger partial charge is 0.259 e. The minimum absolute atomic E-state index is 0.00869. The maximum absolute atomic E-state index is 13.4. The molecule has 2 heterocycles. The van der Waals surface area contributed by atoms with Crippen LogP contribution in [0, 0.1) is 13.8 Å². The molecule has 31 heavy (non-hydrogen) atoms. The summed E-state index contributed by atoms with van der Waals surface area (Å²) in [7, 11) is -3.76. The lowest BCUT2D eigenvalue weighted by molar-refractivity contribution is 0.400. The first-order valence-electron chi connectivity index (χ1n) is 9.94. The standard InChI is InChI=1S/C23H23N3O3S2/c1-16-17(2)30-23-21(16)22(27)24-20(25-23)15-26(14-13-18-9-5-3-6-10-18)31(28,29)19-11-7-4-8-12-19/h3-12H,13-15H2,1-2H3,(H,24,25,27). The molecule has 0 atom stereocenters. The van der Waals surface area contributed by atoms with Gasteiger partial charge >= 0.3 is 0 Å². The van der Waals surface area contributed by atoms with E-state index in [1.54, 1.807) is 30.3 Å². The van der Waals surface area contributed by atoms with E-state index in [2.05, 4.69) is 9.97 Å².